The van der Waals surface area contributed by atoms with Gasteiger partial charge < -0.3 is 14.5 Å². The molecule has 1 saturated heterocycles. The van der Waals surface area contributed by atoms with Crippen molar-refractivity contribution in [2.45, 2.75) is 25.7 Å². The highest BCUT2D eigenvalue weighted by Gasteiger charge is 2.35. The molecule has 0 spiro atoms. The molecule has 2 aliphatic heterocycles. The van der Waals surface area contributed by atoms with E-state index in [2.05, 4.69) is 6.07 Å². The average molecular weight is 314 g/mol. The number of hydrogen-bond acceptors (Lipinski definition) is 3. The van der Waals surface area contributed by atoms with E-state index < -0.39 is 0 Å². The SMILES string of the molecule is O=C(Cc1ccc2c(c1)CCO2)N1CCN(C(=O)C2CC2)CC1. The Balaban J connectivity index is 1.32. The Morgan fingerprint density at radius 1 is 1.09 bits per heavy atom. The summed E-state index contributed by atoms with van der Waals surface area (Å²) in [5.41, 5.74) is 2.26. The van der Waals surface area contributed by atoms with Crippen LogP contribution in [0.15, 0.2) is 18.2 Å². The van der Waals surface area contributed by atoms with E-state index in [0.717, 1.165) is 37.2 Å². The van der Waals surface area contributed by atoms with E-state index in [1.807, 2.05) is 21.9 Å². The number of nitrogens with zero attached hydrogens (tertiary/aromatic N) is 2. The second-order valence-corrected chi connectivity index (χ2v) is 6.70. The highest BCUT2D eigenvalue weighted by atomic mass is 16.5. The molecule has 4 rings (SSSR count). The Morgan fingerprint density at radius 3 is 2.57 bits per heavy atom. The summed E-state index contributed by atoms with van der Waals surface area (Å²) in [5, 5.41) is 0. The van der Waals surface area contributed by atoms with Gasteiger partial charge in [-0.15, -0.1) is 0 Å². The van der Waals surface area contributed by atoms with Crippen molar-refractivity contribution in [3.63, 3.8) is 0 Å². The minimum absolute atomic E-state index is 0.155. The summed E-state index contributed by atoms with van der Waals surface area (Å²) in [6, 6.07) is 6.04. The van der Waals surface area contributed by atoms with Gasteiger partial charge >= 0.3 is 0 Å². The largest absolute Gasteiger partial charge is 0.493 e. The van der Waals surface area contributed by atoms with E-state index in [9.17, 15) is 9.59 Å². The number of hydrogen-bond donors (Lipinski definition) is 0. The molecule has 0 N–H and O–H groups in total. The second-order valence-electron chi connectivity index (χ2n) is 6.70. The topological polar surface area (TPSA) is 49.9 Å². The first-order valence-electron chi connectivity index (χ1n) is 8.52. The van der Waals surface area contributed by atoms with E-state index in [1.165, 1.54) is 5.56 Å². The van der Waals surface area contributed by atoms with Gasteiger partial charge in [-0.25, -0.2) is 0 Å². The molecule has 2 amide bonds. The fraction of sp³-hybridized carbons (Fsp3) is 0.556. The molecule has 1 aromatic carbocycles. The van der Waals surface area contributed by atoms with Crippen LogP contribution in [0, 0.1) is 5.92 Å². The molecule has 2 fully saturated rings. The lowest BCUT2D eigenvalue weighted by Gasteiger charge is -2.35. The van der Waals surface area contributed by atoms with Gasteiger partial charge in [0, 0.05) is 38.5 Å². The molecule has 23 heavy (non-hydrogen) atoms. The van der Waals surface area contributed by atoms with Crippen LogP contribution in [0.2, 0.25) is 0 Å². The molecule has 0 bridgehead atoms. The number of benzene rings is 1. The van der Waals surface area contributed by atoms with Crippen molar-refractivity contribution < 1.29 is 14.3 Å². The predicted molar refractivity (Wildman–Crippen MR) is 85.2 cm³/mol. The quantitative estimate of drug-likeness (QED) is 0.843. The molecular formula is C18H22N2O3. The van der Waals surface area contributed by atoms with Crippen LogP contribution in [-0.2, 0) is 22.4 Å². The van der Waals surface area contributed by atoms with Gasteiger partial charge in [-0.3, -0.25) is 9.59 Å². The Bertz CT molecular complexity index is 631. The molecule has 1 saturated carbocycles. The summed E-state index contributed by atoms with van der Waals surface area (Å²) in [7, 11) is 0. The number of ether oxygens (including phenoxy) is 1. The lowest BCUT2D eigenvalue weighted by molar-refractivity contribution is -0.140. The maximum atomic E-state index is 12.5. The highest BCUT2D eigenvalue weighted by Crippen LogP contribution is 2.31. The lowest BCUT2D eigenvalue weighted by atomic mass is 10.1. The molecule has 0 atom stereocenters. The number of carbonyl (C=O) groups is 2. The smallest absolute Gasteiger partial charge is 0.227 e. The van der Waals surface area contributed by atoms with Crippen LogP contribution in [0.5, 0.6) is 5.75 Å². The van der Waals surface area contributed by atoms with Crippen molar-refractivity contribution in [3.8, 4) is 5.75 Å². The zero-order chi connectivity index (χ0) is 15.8. The number of fused-ring (bicyclic) bond motifs is 1. The molecule has 0 aromatic heterocycles. The van der Waals surface area contributed by atoms with Gasteiger partial charge in [-0.2, -0.15) is 0 Å². The molecule has 1 aromatic rings. The van der Waals surface area contributed by atoms with Crippen LogP contribution in [0.25, 0.3) is 0 Å². The van der Waals surface area contributed by atoms with Crippen molar-refractivity contribution in [2.75, 3.05) is 32.8 Å². The van der Waals surface area contributed by atoms with E-state index in [1.54, 1.807) is 0 Å². The maximum Gasteiger partial charge on any atom is 0.227 e. The monoisotopic (exact) mass is 314 g/mol. The summed E-state index contributed by atoms with van der Waals surface area (Å²) in [6.07, 6.45) is 3.45. The van der Waals surface area contributed by atoms with Crippen molar-refractivity contribution in [3.05, 3.63) is 29.3 Å². The lowest BCUT2D eigenvalue weighted by Crippen LogP contribution is -2.51. The standard InChI is InChI=1S/C18H22N2O3/c21-17(12-13-1-4-16-15(11-13)5-10-23-16)19-6-8-20(9-7-19)18(22)14-2-3-14/h1,4,11,14H,2-3,5-10,12H2. The molecule has 0 radical (unpaired) electrons. The van der Waals surface area contributed by atoms with E-state index in [0.29, 0.717) is 32.6 Å². The van der Waals surface area contributed by atoms with Crippen molar-refractivity contribution in [1.29, 1.82) is 0 Å². The normalized spacial score (nSPS) is 20.2. The number of amides is 2. The molecular weight excluding hydrogens is 292 g/mol. The Labute approximate surface area is 136 Å². The number of carbonyl (C=O) groups excluding carboxylic acids is 2. The highest BCUT2D eigenvalue weighted by molar-refractivity contribution is 5.82. The average Bonchev–Trinajstić information content (AvgIpc) is 3.32. The van der Waals surface area contributed by atoms with Gasteiger partial charge in [0.2, 0.25) is 11.8 Å². The minimum Gasteiger partial charge on any atom is -0.493 e. The molecule has 2 heterocycles. The third-order valence-electron chi connectivity index (χ3n) is 4.98. The second kappa shape index (κ2) is 5.87. The fourth-order valence-electron chi connectivity index (χ4n) is 3.40. The first-order valence-corrected chi connectivity index (χ1v) is 8.52. The van der Waals surface area contributed by atoms with Gasteiger partial charge in [-0.1, -0.05) is 12.1 Å². The van der Waals surface area contributed by atoms with Crippen LogP contribution in [0.3, 0.4) is 0 Å². The van der Waals surface area contributed by atoms with Crippen molar-refractivity contribution in [1.82, 2.24) is 9.80 Å². The Kier molecular flexibility index (Phi) is 3.71. The van der Waals surface area contributed by atoms with Crippen LogP contribution in [0.1, 0.15) is 24.0 Å². The van der Waals surface area contributed by atoms with Crippen LogP contribution in [0.4, 0.5) is 0 Å². The van der Waals surface area contributed by atoms with Gasteiger partial charge in [0.25, 0.3) is 0 Å². The third-order valence-corrected chi connectivity index (χ3v) is 4.98. The van der Waals surface area contributed by atoms with Crippen LogP contribution < -0.4 is 4.74 Å². The van der Waals surface area contributed by atoms with Crippen LogP contribution in [-0.4, -0.2) is 54.4 Å². The van der Waals surface area contributed by atoms with E-state index >= 15 is 0 Å². The summed E-state index contributed by atoms with van der Waals surface area (Å²) in [5.74, 6) is 1.66. The summed E-state index contributed by atoms with van der Waals surface area (Å²) >= 11 is 0. The molecule has 5 nitrogen and oxygen atoms in total. The molecule has 5 heteroatoms. The Hall–Kier alpha value is -2.04. The molecule has 0 unspecified atom stereocenters. The van der Waals surface area contributed by atoms with Gasteiger partial charge in [0.1, 0.15) is 5.75 Å². The predicted octanol–water partition coefficient (Wildman–Crippen LogP) is 1.24. The number of rotatable bonds is 3. The fourth-order valence-corrected chi connectivity index (χ4v) is 3.40. The Morgan fingerprint density at radius 2 is 1.83 bits per heavy atom. The molecule has 1 aliphatic carbocycles. The van der Waals surface area contributed by atoms with Crippen molar-refractivity contribution >= 4 is 11.8 Å². The van der Waals surface area contributed by atoms with Gasteiger partial charge in [-0.05, 0) is 30.0 Å². The van der Waals surface area contributed by atoms with E-state index in [-0.39, 0.29) is 17.7 Å². The molecule has 3 aliphatic rings. The summed E-state index contributed by atoms with van der Waals surface area (Å²) < 4.78 is 5.50. The summed E-state index contributed by atoms with van der Waals surface area (Å²) in [6.45, 7) is 3.42. The third kappa shape index (κ3) is 3.05. The van der Waals surface area contributed by atoms with Gasteiger partial charge in [0.15, 0.2) is 0 Å². The summed E-state index contributed by atoms with van der Waals surface area (Å²) in [4.78, 5) is 28.3. The van der Waals surface area contributed by atoms with Crippen molar-refractivity contribution in [2.24, 2.45) is 5.92 Å². The van der Waals surface area contributed by atoms with Crippen LogP contribution >= 0.6 is 0 Å². The first kappa shape index (κ1) is 14.5. The van der Waals surface area contributed by atoms with Gasteiger partial charge in [0.05, 0.1) is 13.0 Å². The number of piperazine rings is 1. The minimum atomic E-state index is 0.155. The molecule has 122 valence electrons. The zero-order valence-corrected chi connectivity index (χ0v) is 13.3. The zero-order valence-electron chi connectivity index (χ0n) is 13.3. The first-order chi connectivity index (χ1) is 11.2. The van der Waals surface area contributed by atoms with E-state index in [4.69, 9.17) is 4.74 Å². The maximum absolute atomic E-state index is 12.5.